The monoisotopic (exact) mass is 261 g/mol. The van der Waals surface area contributed by atoms with E-state index in [0.717, 1.165) is 5.56 Å². The fourth-order valence-electron chi connectivity index (χ4n) is 1.99. The van der Waals surface area contributed by atoms with Crippen molar-refractivity contribution < 1.29 is 13.2 Å². The number of hydrogen-bond donors (Lipinski definition) is 1. The van der Waals surface area contributed by atoms with Gasteiger partial charge in [0.15, 0.2) is 0 Å². The van der Waals surface area contributed by atoms with Gasteiger partial charge in [0.05, 0.1) is 12.6 Å². The Bertz CT molecular complexity index is 353. The van der Waals surface area contributed by atoms with E-state index >= 15 is 0 Å². The Morgan fingerprint density at radius 3 is 2.33 bits per heavy atom. The molecule has 2 unspecified atom stereocenters. The number of hydrogen-bond acceptors (Lipinski definition) is 3. The van der Waals surface area contributed by atoms with E-state index in [1.807, 2.05) is 6.92 Å². The zero-order valence-corrected chi connectivity index (χ0v) is 10.5. The van der Waals surface area contributed by atoms with Gasteiger partial charge in [-0.05, 0) is 31.2 Å². The Balaban J connectivity index is 2.92. The predicted octanol–water partition coefficient (Wildman–Crippen LogP) is 2.35. The van der Waals surface area contributed by atoms with Crippen molar-refractivity contribution in [2.75, 3.05) is 13.6 Å². The lowest BCUT2D eigenvalue weighted by Gasteiger charge is -2.33. The molecule has 0 saturated carbocycles. The minimum Gasteiger partial charge on any atom is -0.326 e. The third-order valence-electron chi connectivity index (χ3n) is 2.83. The van der Waals surface area contributed by atoms with E-state index in [-0.39, 0.29) is 6.04 Å². The van der Waals surface area contributed by atoms with Crippen molar-refractivity contribution in [2.24, 2.45) is 5.73 Å². The first-order valence-electron chi connectivity index (χ1n) is 5.77. The van der Waals surface area contributed by atoms with Crippen LogP contribution in [0.3, 0.4) is 0 Å². The Hall–Kier alpha value is -1.14. The van der Waals surface area contributed by atoms with Crippen LogP contribution >= 0.6 is 0 Å². The van der Waals surface area contributed by atoms with Gasteiger partial charge >= 0.3 is 6.18 Å². The highest BCUT2D eigenvalue weighted by molar-refractivity contribution is 5.17. The quantitative estimate of drug-likeness (QED) is 0.884. The van der Waals surface area contributed by atoms with Crippen molar-refractivity contribution in [3.8, 4) is 0 Å². The summed E-state index contributed by atoms with van der Waals surface area (Å²) >= 11 is 0. The highest BCUT2D eigenvalue weighted by atomic mass is 19.4. The number of likely N-dealkylation sites (N-methyl/N-ethyl adjacent to an activating group) is 1. The zero-order chi connectivity index (χ0) is 13.8. The van der Waals surface area contributed by atoms with Crippen LogP contribution in [-0.2, 0) is 0 Å². The standard InChI is InChI=1S/C12H18F3N3/c1-3-10(16)11(9-4-6-17-7-5-9)18(2)8-12(13,14)15/h4-7,10-11H,3,8,16H2,1-2H3. The van der Waals surface area contributed by atoms with Crippen LogP contribution in [0.5, 0.6) is 0 Å². The van der Waals surface area contributed by atoms with Crippen LogP contribution < -0.4 is 5.73 Å². The molecule has 2 N–H and O–H groups in total. The Kier molecular flexibility index (Phi) is 5.10. The molecule has 0 aliphatic rings. The summed E-state index contributed by atoms with van der Waals surface area (Å²) in [4.78, 5) is 5.10. The molecular weight excluding hydrogens is 243 g/mol. The van der Waals surface area contributed by atoms with E-state index in [9.17, 15) is 13.2 Å². The Morgan fingerprint density at radius 1 is 1.33 bits per heavy atom. The minimum absolute atomic E-state index is 0.347. The highest BCUT2D eigenvalue weighted by Crippen LogP contribution is 2.27. The van der Waals surface area contributed by atoms with Gasteiger partial charge in [0.1, 0.15) is 0 Å². The smallest absolute Gasteiger partial charge is 0.326 e. The summed E-state index contributed by atoms with van der Waals surface area (Å²) in [6.45, 7) is 0.883. The van der Waals surface area contributed by atoms with Crippen LogP contribution in [0.2, 0.25) is 0 Å². The Labute approximate surface area is 105 Å². The molecule has 102 valence electrons. The van der Waals surface area contributed by atoms with Crippen LogP contribution in [-0.4, -0.2) is 35.7 Å². The fraction of sp³-hybridized carbons (Fsp3) is 0.583. The SMILES string of the molecule is CCC(N)C(c1ccncc1)N(C)CC(F)(F)F. The number of alkyl halides is 3. The van der Waals surface area contributed by atoms with Crippen molar-refractivity contribution in [2.45, 2.75) is 31.6 Å². The maximum absolute atomic E-state index is 12.5. The fourth-order valence-corrected chi connectivity index (χ4v) is 1.99. The van der Waals surface area contributed by atoms with Crippen LogP contribution in [0, 0.1) is 0 Å². The third kappa shape index (κ3) is 4.27. The molecule has 18 heavy (non-hydrogen) atoms. The molecule has 0 radical (unpaired) electrons. The molecule has 3 nitrogen and oxygen atoms in total. The van der Waals surface area contributed by atoms with Gasteiger partial charge < -0.3 is 5.73 Å². The molecule has 0 fully saturated rings. The van der Waals surface area contributed by atoms with Crippen LogP contribution in [0.15, 0.2) is 24.5 Å². The van der Waals surface area contributed by atoms with Gasteiger partial charge in [-0.2, -0.15) is 13.2 Å². The van der Waals surface area contributed by atoms with Crippen LogP contribution in [0.25, 0.3) is 0 Å². The molecule has 0 bridgehead atoms. The second-order valence-electron chi connectivity index (χ2n) is 4.33. The molecule has 1 heterocycles. The van der Waals surface area contributed by atoms with Gasteiger partial charge in [0, 0.05) is 18.4 Å². The Morgan fingerprint density at radius 2 is 1.89 bits per heavy atom. The number of rotatable bonds is 5. The van der Waals surface area contributed by atoms with Crippen molar-refractivity contribution in [3.63, 3.8) is 0 Å². The predicted molar refractivity (Wildman–Crippen MR) is 63.9 cm³/mol. The van der Waals surface area contributed by atoms with Gasteiger partial charge in [-0.1, -0.05) is 6.92 Å². The molecule has 2 atom stereocenters. The second-order valence-corrected chi connectivity index (χ2v) is 4.33. The minimum atomic E-state index is -4.23. The van der Waals surface area contributed by atoms with Gasteiger partial charge in [-0.3, -0.25) is 9.88 Å². The van der Waals surface area contributed by atoms with E-state index in [1.165, 1.54) is 11.9 Å². The summed E-state index contributed by atoms with van der Waals surface area (Å²) in [7, 11) is 1.44. The first-order chi connectivity index (χ1) is 8.35. The maximum Gasteiger partial charge on any atom is 0.401 e. The van der Waals surface area contributed by atoms with Crippen molar-refractivity contribution in [3.05, 3.63) is 30.1 Å². The number of halogens is 3. The second kappa shape index (κ2) is 6.15. The molecule has 0 aromatic carbocycles. The van der Waals surface area contributed by atoms with E-state index in [4.69, 9.17) is 5.73 Å². The average molecular weight is 261 g/mol. The van der Waals surface area contributed by atoms with Gasteiger partial charge in [-0.15, -0.1) is 0 Å². The lowest BCUT2D eigenvalue weighted by Crippen LogP contribution is -2.42. The molecule has 0 aliphatic heterocycles. The number of nitrogens with two attached hydrogens (primary N) is 1. The summed E-state index contributed by atoms with van der Waals surface area (Å²) in [5.74, 6) is 0. The maximum atomic E-state index is 12.5. The lowest BCUT2D eigenvalue weighted by atomic mass is 9.97. The molecular formula is C12H18F3N3. The zero-order valence-electron chi connectivity index (χ0n) is 10.5. The van der Waals surface area contributed by atoms with Gasteiger partial charge in [0.2, 0.25) is 0 Å². The molecule has 0 saturated heterocycles. The van der Waals surface area contributed by atoms with Crippen molar-refractivity contribution in [1.29, 1.82) is 0 Å². The third-order valence-corrected chi connectivity index (χ3v) is 2.83. The molecule has 0 amide bonds. The number of aromatic nitrogens is 1. The number of nitrogens with zero attached hydrogens (tertiary/aromatic N) is 2. The summed E-state index contributed by atoms with van der Waals surface area (Å²) in [5, 5.41) is 0. The summed E-state index contributed by atoms with van der Waals surface area (Å²) in [6, 6.07) is 2.60. The molecule has 1 aromatic heterocycles. The first-order valence-corrected chi connectivity index (χ1v) is 5.77. The summed E-state index contributed by atoms with van der Waals surface area (Å²) in [6.07, 6.45) is -0.499. The molecule has 6 heteroatoms. The van der Waals surface area contributed by atoms with Crippen molar-refractivity contribution in [1.82, 2.24) is 9.88 Å². The van der Waals surface area contributed by atoms with E-state index in [1.54, 1.807) is 24.5 Å². The molecule has 0 aliphatic carbocycles. The van der Waals surface area contributed by atoms with Gasteiger partial charge in [-0.25, -0.2) is 0 Å². The molecule has 0 spiro atoms. The van der Waals surface area contributed by atoms with E-state index in [0.29, 0.717) is 6.42 Å². The van der Waals surface area contributed by atoms with Gasteiger partial charge in [0.25, 0.3) is 0 Å². The molecule has 1 rings (SSSR count). The topological polar surface area (TPSA) is 42.1 Å². The summed E-state index contributed by atoms with van der Waals surface area (Å²) in [5.41, 5.74) is 6.70. The lowest BCUT2D eigenvalue weighted by molar-refractivity contribution is -0.148. The normalized spacial score (nSPS) is 15.7. The molecule has 1 aromatic rings. The van der Waals surface area contributed by atoms with Crippen LogP contribution in [0.1, 0.15) is 24.9 Å². The first kappa shape index (κ1) is 14.9. The van der Waals surface area contributed by atoms with Crippen LogP contribution in [0.4, 0.5) is 13.2 Å². The van der Waals surface area contributed by atoms with E-state index < -0.39 is 18.8 Å². The summed E-state index contributed by atoms with van der Waals surface area (Å²) < 4.78 is 37.4. The highest BCUT2D eigenvalue weighted by Gasteiger charge is 2.34. The van der Waals surface area contributed by atoms with Crippen molar-refractivity contribution >= 4 is 0 Å². The average Bonchev–Trinajstić information content (AvgIpc) is 2.28. The largest absolute Gasteiger partial charge is 0.401 e. The number of pyridine rings is 1. The van der Waals surface area contributed by atoms with E-state index in [2.05, 4.69) is 4.98 Å².